The van der Waals surface area contributed by atoms with E-state index >= 15 is 0 Å². The number of carbonyl (C=O) groups is 1. The Hall–Kier alpha value is -0.570. The van der Waals surface area contributed by atoms with Crippen LogP contribution in [-0.4, -0.2) is 6.47 Å². The molecular formula is C2H4NO2. The molecule has 0 rings (SSSR count). The van der Waals surface area contributed by atoms with Gasteiger partial charge < -0.3 is 4.74 Å². The molecule has 0 heterocycles. The summed E-state index contributed by atoms with van der Waals surface area (Å²) in [4.78, 5) is 9.07. The van der Waals surface area contributed by atoms with Crippen molar-refractivity contribution in [3.63, 3.8) is 0 Å². The van der Waals surface area contributed by atoms with E-state index in [0.717, 1.165) is 6.73 Å². The largest absolute Gasteiger partial charge is 0.443 e. The fraction of sp³-hybridized carbons (Fsp3) is 0. The topological polar surface area (TPSA) is 52.3 Å². The zero-order chi connectivity index (χ0) is 4.12. The van der Waals surface area contributed by atoms with Gasteiger partial charge in [0.15, 0.2) is 0 Å². The highest BCUT2D eigenvalue weighted by Gasteiger charge is 1.62. The third-order valence-electron chi connectivity index (χ3n) is 0.134. The summed E-state index contributed by atoms with van der Waals surface area (Å²) < 4.78 is 3.81. The van der Waals surface area contributed by atoms with Crippen molar-refractivity contribution in [1.29, 1.82) is 0 Å². The van der Waals surface area contributed by atoms with Crippen LogP contribution in [0.2, 0.25) is 0 Å². The first-order valence-corrected chi connectivity index (χ1v) is 1.04. The van der Waals surface area contributed by atoms with Gasteiger partial charge in [-0.05, 0) is 0 Å². The SMILES string of the molecule is N[CH]OC=O. The van der Waals surface area contributed by atoms with Crippen LogP contribution in [0.25, 0.3) is 0 Å². The Labute approximate surface area is 29.7 Å². The minimum atomic E-state index is 0.250. The van der Waals surface area contributed by atoms with Crippen LogP contribution < -0.4 is 5.73 Å². The van der Waals surface area contributed by atoms with Crippen LogP contribution in [0.1, 0.15) is 0 Å². The first-order chi connectivity index (χ1) is 2.41. The van der Waals surface area contributed by atoms with Crippen molar-refractivity contribution >= 4 is 6.47 Å². The Balaban J connectivity index is 2.40. The molecule has 0 amide bonds. The summed E-state index contributed by atoms with van der Waals surface area (Å²) in [6.45, 7) is 1.06. The summed E-state index contributed by atoms with van der Waals surface area (Å²) in [5.41, 5.74) is 4.56. The Morgan fingerprint density at radius 3 is 2.40 bits per heavy atom. The lowest BCUT2D eigenvalue weighted by atomic mass is 11.3. The molecule has 29 valence electrons. The highest BCUT2D eigenvalue weighted by Crippen LogP contribution is 1.54. The van der Waals surface area contributed by atoms with Gasteiger partial charge in [0, 0.05) is 0 Å². The quantitative estimate of drug-likeness (QED) is 0.438. The summed E-state index contributed by atoms with van der Waals surface area (Å²) in [6, 6.07) is 0. The predicted octanol–water partition coefficient (Wildman–Crippen LogP) is -0.763. The van der Waals surface area contributed by atoms with Gasteiger partial charge in [-0.15, -0.1) is 0 Å². The number of rotatable bonds is 2. The number of nitrogens with two attached hydrogens (primary N) is 1. The number of ether oxygens (including phenoxy) is 1. The molecule has 2 N–H and O–H groups in total. The molecule has 0 saturated carbocycles. The van der Waals surface area contributed by atoms with Crippen LogP contribution in [-0.2, 0) is 9.53 Å². The molecule has 0 bridgehead atoms. The maximum atomic E-state index is 9.07. The lowest BCUT2D eigenvalue weighted by molar-refractivity contribution is -0.125. The second kappa shape index (κ2) is 3.43. The first-order valence-electron chi connectivity index (χ1n) is 1.04. The molecule has 5 heavy (non-hydrogen) atoms. The normalized spacial score (nSPS) is 6.60. The highest BCUT2D eigenvalue weighted by molar-refractivity contribution is 5.37. The summed E-state index contributed by atoms with van der Waals surface area (Å²) in [5.74, 6) is 0. The summed E-state index contributed by atoms with van der Waals surface area (Å²) >= 11 is 0. The zero-order valence-electron chi connectivity index (χ0n) is 2.55. The van der Waals surface area contributed by atoms with E-state index in [1.165, 1.54) is 0 Å². The minimum Gasteiger partial charge on any atom is -0.443 e. The van der Waals surface area contributed by atoms with Crippen molar-refractivity contribution < 1.29 is 9.53 Å². The zero-order valence-corrected chi connectivity index (χ0v) is 2.55. The summed E-state index contributed by atoms with van der Waals surface area (Å²) in [6.07, 6.45) is 0. The van der Waals surface area contributed by atoms with Crippen molar-refractivity contribution in [2.24, 2.45) is 5.73 Å². The molecule has 0 aromatic rings. The van der Waals surface area contributed by atoms with E-state index in [2.05, 4.69) is 10.5 Å². The molecule has 0 aromatic carbocycles. The van der Waals surface area contributed by atoms with Gasteiger partial charge >= 0.3 is 0 Å². The highest BCUT2D eigenvalue weighted by atomic mass is 16.5. The molecule has 1 radical (unpaired) electrons. The van der Waals surface area contributed by atoms with Crippen LogP contribution in [0.3, 0.4) is 0 Å². The van der Waals surface area contributed by atoms with Gasteiger partial charge in [0.05, 0.1) is 0 Å². The fourth-order valence-electron chi connectivity index (χ4n) is 0.0321. The molecule has 0 aliphatic rings. The Bertz CT molecular complexity index is 28.8. The van der Waals surface area contributed by atoms with Crippen LogP contribution in [0, 0.1) is 6.73 Å². The van der Waals surface area contributed by atoms with Crippen LogP contribution in [0.4, 0.5) is 0 Å². The van der Waals surface area contributed by atoms with E-state index in [1.54, 1.807) is 0 Å². The predicted molar refractivity (Wildman–Crippen MR) is 15.6 cm³/mol. The average Bonchev–Trinajstić information content (AvgIpc) is 1.41. The number of carbonyl (C=O) groups excluding carboxylic acids is 1. The molecule has 0 aliphatic heterocycles. The molecule has 3 heteroatoms. The second-order valence-corrected chi connectivity index (χ2v) is 0.368. The molecule has 3 nitrogen and oxygen atoms in total. The maximum Gasteiger partial charge on any atom is 0.294 e. The molecule has 0 fully saturated rings. The van der Waals surface area contributed by atoms with Crippen molar-refractivity contribution in [3.05, 3.63) is 6.73 Å². The average molecular weight is 74.1 g/mol. The van der Waals surface area contributed by atoms with Crippen molar-refractivity contribution in [1.82, 2.24) is 0 Å². The molecule has 0 aliphatic carbocycles. The molecule has 0 aromatic heterocycles. The lowest BCUT2D eigenvalue weighted by Gasteiger charge is -1.78. The fourth-order valence-corrected chi connectivity index (χ4v) is 0.0321. The van der Waals surface area contributed by atoms with Gasteiger partial charge in [-0.1, -0.05) is 0 Å². The molecule has 0 saturated heterocycles. The second-order valence-electron chi connectivity index (χ2n) is 0.368. The first kappa shape index (κ1) is 4.43. The van der Waals surface area contributed by atoms with E-state index in [1.807, 2.05) is 0 Å². The van der Waals surface area contributed by atoms with Gasteiger partial charge in [-0.25, -0.2) is 0 Å². The van der Waals surface area contributed by atoms with E-state index < -0.39 is 0 Å². The monoisotopic (exact) mass is 74.0 g/mol. The molecule has 0 atom stereocenters. The van der Waals surface area contributed by atoms with Crippen molar-refractivity contribution in [3.8, 4) is 0 Å². The lowest BCUT2D eigenvalue weighted by Crippen LogP contribution is -1.92. The van der Waals surface area contributed by atoms with E-state index in [0.29, 0.717) is 0 Å². The number of hydrogen-bond donors (Lipinski definition) is 1. The smallest absolute Gasteiger partial charge is 0.294 e. The van der Waals surface area contributed by atoms with Crippen LogP contribution >= 0.6 is 0 Å². The van der Waals surface area contributed by atoms with Gasteiger partial charge in [0.2, 0.25) is 6.73 Å². The molecule has 0 unspecified atom stereocenters. The van der Waals surface area contributed by atoms with Crippen LogP contribution in [0.15, 0.2) is 0 Å². The summed E-state index contributed by atoms with van der Waals surface area (Å²) in [5, 5.41) is 0. The Morgan fingerprint density at radius 2 is 2.40 bits per heavy atom. The van der Waals surface area contributed by atoms with E-state index in [-0.39, 0.29) is 6.47 Å². The molecular weight excluding hydrogens is 70.0 g/mol. The van der Waals surface area contributed by atoms with E-state index in [4.69, 9.17) is 4.79 Å². The minimum absolute atomic E-state index is 0.250. The summed E-state index contributed by atoms with van der Waals surface area (Å²) in [7, 11) is 0. The third-order valence-corrected chi connectivity index (χ3v) is 0.134. The van der Waals surface area contributed by atoms with Crippen LogP contribution in [0.5, 0.6) is 0 Å². The van der Waals surface area contributed by atoms with Crippen molar-refractivity contribution in [2.75, 3.05) is 0 Å². The van der Waals surface area contributed by atoms with Gasteiger partial charge in [-0.3, -0.25) is 10.5 Å². The third kappa shape index (κ3) is 3.43. The van der Waals surface area contributed by atoms with Gasteiger partial charge in [0.25, 0.3) is 6.47 Å². The van der Waals surface area contributed by atoms with E-state index in [9.17, 15) is 0 Å². The maximum absolute atomic E-state index is 9.07. The Morgan fingerprint density at radius 1 is 1.80 bits per heavy atom. The number of hydrogen-bond acceptors (Lipinski definition) is 3. The van der Waals surface area contributed by atoms with Crippen molar-refractivity contribution in [2.45, 2.75) is 0 Å². The van der Waals surface area contributed by atoms with Gasteiger partial charge in [-0.2, -0.15) is 0 Å². The molecule has 0 spiro atoms. The Kier molecular flexibility index (Phi) is 3.04. The van der Waals surface area contributed by atoms with Gasteiger partial charge in [0.1, 0.15) is 0 Å². The standard InChI is InChI=1S/C2H4NO2/c3-1-5-2-4/h1-2H,3H2.